The highest BCUT2D eigenvalue weighted by molar-refractivity contribution is 8.01. The van der Waals surface area contributed by atoms with Gasteiger partial charge in [-0.05, 0) is 23.6 Å². The number of hydrogen-bond acceptors (Lipinski definition) is 7. The summed E-state index contributed by atoms with van der Waals surface area (Å²) in [5.41, 5.74) is 1.65. The first kappa shape index (κ1) is 16.6. The maximum atomic E-state index is 12.0. The number of rotatable bonds is 5. The van der Waals surface area contributed by atoms with E-state index >= 15 is 0 Å². The first-order valence-corrected chi connectivity index (χ1v) is 9.07. The number of amides is 1. The highest BCUT2D eigenvalue weighted by Gasteiger charge is 2.10. The molecule has 7 nitrogen and oxygen atoms in total. The number of thioether (sulfide) groups is 1. The van der Waals surface area contributed by atoms with Gasteiger partial charge in [-0.1, -0.05) is 49.1 Å². The first-order chi connectivity index (χ1) is 11.5. The highest BCUT2D eigenvalue weighted by Crippen LogP contribution is 2.23. The van der Waals surface area contributed by atoms with Crippen molar-refractivity contribution < 1.29 is 4.79 Å². The number of fused-ring (bicyclic) bond motifs is 1. The molecule has 1 aromatic carbocycles. The van der Waals surface area contributed by atoms with Gasteiger partial charge in [0.15, 0.2) is 4.34 Å². The fourth-order valence-electron chi connectivity index (χ4n) is 1.99. The fraction of sp³-hybridized carbons (Fsp3) is 0.267. The second-order valence-corrected chi connectivity index (χ2v) is 7.54. The molecule has 0 aliphatic heterocycles. The van der Waals surface area contributed by atoms with E-state index in [1.54, 1.807) is 0 Å². The van der Waals surface area contributed by atoms with Crippen LogP contribution in [0.3, 0.4) is 0 Å². The first-order valence-electron chi connectivity index (χ1n) is 7.27. The van der Waals surface area contributed by atoms with Crippen molar-refractivity contribution in [2.45, 2.75) is 24.1 Å². The van der Waals surface area contributed by atoms with E-state index in [1.807, 2.05) is 24.3 Å². The normalized spacial score (nSPS) is 11.1. The Morgan fingerprint density at radius 1 is 1.33 bits per heavy atom. The van der Waals surface area contributed by atoms with Crippen molar-refractivity contribution >= 4 is 39.7 Å². The van der Waals surface area contributed by atoms with Gasteiger partial charge in [0.1, 0.15) is 6.20 Å². The van der Waals surface area contributed by atoms with E-state index in [9.17, 15) is 9.59 Å². The van der Waals surface area contributed by atoms with Crippen molar-refractivity contribution in [1.82, 2.24) is 19.8 Å². The molecule has 0 spiro atoms. The quantitative estimate of drug-likeness (QED) is 0.702. The van der Waals surface area contributed by atoms with Gasteiger partial charge in [-0.15, -0.1) is 10.2 Å². The van der Waals surface area contributed by atoms with Crippen LogP contribution in [-0.2, 0) is 4.79 Å². The Morgan fingerprint density at radius 2 is 2.08 bits per heavy atom. The van der Waals surface area contributed by atoms with Crippen LogP contribution in [-0.4, -0.2) is 31.5 Å². The Labute approximate surface area is 146 Å². The molecule has 124 valence electrons. The minimum atomic E-state index is -0.335. The van der Waals surface area contributed by atoms with Gasteiger partial charge in [0.25, 0.3) is 5.56 Å². The van der Waals surface area contributed by atoms with Crippen molar-refractivity contribution in [3.63, 3.8) is 0 Å². The standard InChI is InChI=1S/C15H15N5O2S2/c1-9(2)10-3-5-11(6-4-10)17-12(21)8-23-15-19-20-13(22)7-16-18-14(20)24-15/h3-7,9H,8H2,1-2H3,(H,17,21). The molecule has 3 rings (SSSR count). The monoisotopic (exact) mass is 361 g/mol. The molecule has 0 unspecified atom stereocenters. The zero-order chi connectivity index (χ0) is 17.1. The largest absolute Gasteiger partial charge is 0.325 e. The number of nitrogens with one attached hydrogen (secondary N) is 1. The van der Waals surface area contributed by atoms with E-state index in [0.29, 0.717) is 15.2 Å². The summed E-state index contributed by atoms with van der Waals surface area (Å²) in [4.78, 5) is 24.0. The number of hydrogen-bond donors (Lipinski definition) is 1. The fourth-order valence-corrected chi connectivity index (χ4v) is 3.67. The summed E-state index contributed by atoms with van der Waals surface area (Å²) in [5, 5.41) is 14.4. The van der Waals surface area contributed by atoms with Gasteiger partial charge < -0.3 is 5.32 Å². The topological polar surface area (TPSA) is 89.3 Å². The summed E-state index contributed by atoms with van der Waals surface area (Å²) < 4.78 is 1.78. The number of nitrogens with zero attached hydrogens (tertiary/aromatic N) is 4. The van der Waals surface area contributed by atoms with Crippen molar-refractivity contribution in [1.29, 1.82) is 0 Å². The molecule has 0 saturated carbocycles. The lowest BCUT2D eigenvalue weighted by atomic mass is 10.0. The smallest absolute Gasteiger partial charge is 0.293 e. The van der Waals surface area contributed by atoms with Crippen molar-refractivity contribution in [3.05, 3.63) is 46.4 Å². The number of anilines is 1. The lowest BCUT2D eigenvalue weighted by Gasteiger charge is -2.08. The molecule has 24 heavy (non-hydrogen) atoms. The third-order valence-corrected chi connectivity index (χ3v) is 5.28. The average Bonchev–Trinajstić information content (AvgIpc) is 2.98. The second kappa shape index (κ2) is 7.10. The summed E-state index contributed by atoms with van der Waals surface area (Å²) in [6.07, 6.45) is 1.11. The molecular weight excluding hydrogens is 346 g/mol. The molecule has 9 heteroatoms. The maximum absolute atomic E-state index is 12.0. The Kier molecular flexibility index (Phi) is 4.91. The molecule has 3 aromatic rings. The average molecular weight is 361 g/mol. The van der Waals surface area contributed by atoms with E-state index in [2.05, 4.69) is 34.5 Å². The van der Waals surface area contributed by atoms with Crippen LogP contribution in [0.25, 0.3) is 4.96 Å². The van der Waals surface area contributed by atoms with Crippen LogP contribution in [0.4, 0.5) is 5.69 Å². The predicted octanol–water partition coefficient (Wildman–Crippen LogP) is 2.40. The molecule has 0 aliphatic rings. The third kappa shape index (κ3) is 3.80. The van der Waals surface area contributed by atoms with Gasteiger partial charge in [-0.3, -0.25) is 9.59 Å². The lowest BCUT2D eigenvalue weighted by Crippen LogP contribution is -2.15. The van der Waals surface area contributed by atoms with Crippen LogP contribution >= 0.6 is 23.1 Å². The second-order valence-electron chi connectivity index (χ2n) is 5.36. The summed E-state index contributed by atoms with van der Waals surface area (Å²) >= 11 is 2.48. The molecule has 0 radical (unpaired) electrons. The Hall–Kier alpha value is -2.26. The van der Waals surface area contributed by atoms with Gasteiger partial charge in [0.2, 0.25) is 10.9 Å². The van der Waals surface area contributed by atoms with E-state index in [-0.39, 0.29) is 17.2 Å². The molecule has 1 N–H and O–H groups in total. The zero-order valence-corrected chi connectivity index (χ0v) is 14.7. The third-order valence-electron chi connectivity index (χ3n) is 3.25. The number of carbonyl (C=O) groups excluding carboxylic acids is 1. The van der Waals surface area contributed by atoms with Crippen LogP contribution in [0.2, 0.25) is 0 Å². The Bertz CT molecular complexity index is 918. The van der Waals surface area contributed by atoms with Crippen LogP contribution in [0.5, 0.6) is 0 Å². The van der Waals surface area contributed by atoms with Gasteiger partial charge >= 0.3 is 0 Å². The molecule has 0 bridgehead atoms. The lowest BCUT2D eigenvalue weighted by molar-refractivity contribution is -0.113. The van der Waals surface area contributed by atoms with E-state index in [0.717, 1.165) is 11.9 Å². The van der Waals surface area contributed by atoms with Crippen molar-refractivity contribution in [3.8, 4) is 0 Å². The molecule has 0 atom stereocenters. The van der Waals surface area contributed by atoms with Crippen LogP contribution in [0.1, 0.15) is 25.3 Å². The molecular formula is C15H15N5O2S2. The van der Waals surface area contributed by atoms with E-state index in [1.165, 1.54) is 33.2 Å². The number of carbonyl (C=O) groups is 1. The maximum Gasteiger partial charge on any atom is 0.293 e. The zero-order valence-electron chi connectivity index (χ0n) is 13.1. The number of benzene rings is 1. The summed E-state index contributed by atoms with van der Waals surface area (Å²) in [7, 11) is 0. The van der Waals surface area contributed by atoms with Crippen LogP contribution in [0, 0.1) is 0 Å². The van der Waals surface area contributed by atoms with Gasteiger partial charge in [-0.25, -0.2) is 0 Å². The van der Waals surface area contributed by atoms with Crippen molar-refractivity contribution in [2.24, 2.45) is 0 Å². The van der Waals surface area contributed by atoms with Crippen LogP contribution in [0.15, 0.2) is 39.6 Å². The summed E-state index contributed by atoms with van der Waals surface area (Å²) in [6.45, 7) is 4.25. The SMILES string of the molecule is CC(C)c1ccc(NC(=O)CSc2nn3c(=O)cnnc3s2)cc1. The molecule has 2 heterocycles. The molecule has 2 aromatic heterocycles. The molecule has 0 saturated heterocycles. The van der Waals surface area contributed by atoms with Crippen molar-refractivity contribution in [2.75, 3.05) is 11.1 Å². The van der Waals surface area contributed by atoms with Gasteiger partial charge in [0.05, 0.1) is 5.75 Å². The Balaban J connectivity index is 1.60. The Morgan fingerprint density at radius 3 is 2.75 bits per heavy atom. The summed E-state index contributed by atoms with van der Waals surface area (Å²) in [6, 6.07) is 7.80. The summed E-state index contributed by atoms with van der Waals surface area (Å²) in [5.74, 6) is 0.527. The molecule has 0 aliphatic carbocycles. The molecule has 1 amide bonds. The predicted molar refractivity (Wildman–Crippen MR) is 94.8 cm³/mol. The minimum Gasteiger partial charge on any atom is -0.325 e. The highest BCUT2D eigenvalue weighted by atomic mass is 32.2. The number of aromatic nitrogens is 4. The van der Waals surface area contributed by atoms with E-state index in [4.69, 9.17) is 0 Å². The molecule has 0 fully saturated rings. The van der Waals surface area contributed by atoms with Crippen LogP contribution < -0.4 is 10.9 Å². The van der Waals surface area contributed by atoms with Gasteiger partial charge in [-0.2, -0.15) is 9.61 Å². The van der Waals surface area contributed by atoms with E-state index < -0.39 is 0 Å². The minimum absolute atomic E-state index is 0.130. The van der Waals surface area contributed by atoms with Gasteiger partial charge in [0, 0.05) is 5.69 Å².